The minimum Gasteiger partial charge on any atom is -0.481 e. The third kappa shape index (κ3) is 5.33. The van der Waals surface area contributed by atoms with E-state index in [0.717, 1.165) is 32.5 Å². The number of carbonyl (C=O) groups is 1. The standard InChI is InChI=1S/C19H30N2O2/c1-15-13-17(20-11-10-19(2,3)18(22)23)9-12-21(15)14-16-7-5-4-6-8-16/h4-8,15,17,20H,9-14H2,1-3H3,(H,22,23). The molecule has 2 rings (SSSR count). The molecule has 2 unspecified atom stereocenters. The number of piperidine rings is 1. The zero-order chi connectivity index (χ0) is 16.9. The minimum atomic E-state index is -0.717. The molecule has 1 fully saturated rings. The highest BCUT2D eigenvalue weighted by atomic mass is 16.4. The first-order valence-corrected chi connectivity index (χ1v) is 8.63. The van der Waals surface area contributed by atoms with E-state index in [1.807, 2.05) is 0 Å². The Kier molecular flexibility index (Phi) is 6.19. The Labute approximate surface area is 139 Å². The van der Waals surface area contributed by atoms with Crippen molar-refractivity contribution in [2.45, 2.75) is 58.7 Å². The Morgan fingerprint density at radius 3 is 2.65 bits per heavy atom. The molecule has 0 aliphatic carbocycles. The van der Waals surface area contributed by atoms with Crippen molar-refractivity contribution in [3.63, 3.8) is 0 Å². The number of aliphatic carboxylic acids is 1. The van der Waals surface area contributed by atoms with E-state index in [1.165, 1.54) is 5.56 Å². The van der Waals surface area contributed by atoms with Gasteiger partial charge in [0.2, 0.25) is 0 Å². The predicted octanol–water partition coefficient (Wildman–Crippen LogP) is 3.13. The molecule has 128 valence electrons. The van der Waals surface area contributed by atoms with Crippen LogP contribution >= 0.6 is 0 Å². The van der Waals surface area contributed by atoms with Crippen molar-refractivity contribution in [1.82, 2.24) is 10.2 Å². The van der Waals surface area contributed by atoms with E-state index in [2.05, 4.69) is 47.5 Å². The van der Waals surface area contributed by atoms with Gasteiger partial charge < -0.3 is 10.4 Å². The van der Waals surface area contributed by atoms with Crippen LogP contribution in [0.4, 0.5) is 0 Å². The second kappa shape index (κ2) is 7.93. The van der Waals surface area contributed by atoms with Crippen molar-refractivity contribution in [1.29, 1.82) is 0 Å². The monoisotopic (exact) mass is 318 g/mol. The number of nitrogens with one attached hydrogen (secondary N) is 1. The molecule has 0 radical (unpaired) electrons. The van der Waals surface area contributed by atoms with Crippen molar-refractivity contribution in [2.24, 2.45) is 5.41 Å². The van der Waals surface area contributed by atoms with Gasteiger partial charge in [-0.3, -0.25) is 9.69 Å². The lowest BCUT2D eigenvalue weighted by Gasteiger charge is -2.38. The first-order valence-electron chi connectivity index (χ1n) is 8.63. The summed E-state index contributed by atoms with van der Waals surface area (Å²) in [5.41, 5.74) is 0.723. The van der Waals surface area contributed by atoms with Gasteiger partial charge in [0.25, 0.3) is 0 Å². The highest BCUT2D eigenvalue weighted by Crippen LogP contribution is 2.22. The van der Waals surface area contributed by atoms with Crippen LogP contribution in [-0.4, -0.2) is 41.1 Å². The molecule has 1 aliphatic rings. The molecule has 0 bridgehead atoms. The Bertz CT molecular complexity index is 501. The topological polar surface area (TPSA) is 52.6 Å². The molecule has 1 heterocycles. The average molecular weight is 318 g/mol. The van der Waals surface area contributed by atoms with E-state index in [0.29, 0.717) is 18.5 Å². The maximum Gasteiger partial charge on any atom is 0.309 e. The van der Waals surface area contributed by atoms with Crippen LogP contribution in [0.15, 0.2) is 30.3 Å². The van der Waals surface area contributed by atoms with Crippen LogP contribution in [0, 0.1) is 5.41 Å². The summed E-state index contributed by atoms with van der Waals surface area (Å²) in [6.07, 6.45) is 2.92. The van der Waals surface area contributed by atoms with Crippen molar-refractivity contribution >= 4 is 5.97 Å². The molecule has 0 saturated carbocycles. The van der Waals surface area contributed by atoms with Crippen LogP contribution in [-0.2, 0) is 11.3 Å². The number of hydrogen-bond donors (Lipinski definition) is 2. The second-order valence-electron chi connectivity index (χ2n) is 7.42. The number of carboxylic acids is 1. The highest BCUT2D eigenvalue weighted by Gasteiger charge is 2.28. The SMILES string of the molecule is CC1CC(NCCC(C)(C)C(=O)O)CCN1Cc1ccccc1. The molecule has 1 saturated heterocycles. The zero-order valence-electron chi connectivity index (χ0n) is 14.6. The van der Waals surface area contributed by atoms with Crippen LogP contribution in [0.5, 0.6) is 0 Å². The van der Waals surface area contributed by atoms with Crippen molar-refractivity contribution < 1.29 is 9.90 Å². The number of rotatable bonds is 7. The van der Waals surface area contributed by atoms with Crippen molar-refractivity contribution in [2.75, 3.05) is 13.1 Å². The van der Waals surface area contributed by atoms with Crippen molar-refractivity contribution in [3.8, 4) is 0 Å². The summed E-state index contributed by atoms with van der Waals surface area (Å²) in [5.74, 6) is -0.717. The van der Waals surface area contributed by atoms with Crippen LogP contribution < -0.4 is 5.32 Å². The number of likely N-dealkylation sites (tertiary alicyclic amines) is 1. The molecule has 0 spiro atoms. The van der Waals surface area contributed by atoms with Gasteiger partial charge in [-0.2, -0.15) is 0 Å². The summed E-state index contributed by atoms with van der Waals surface area (Å²) in [4.78, 5) is 13.7. The maximum absolute atomic E-state index is 11.1. The third-order valence-corrected chi connectivity index (χ3v) is 5.00. The molecule has 1 aromatic carbocycles. The first-order chi connectivity index (χ1) is 10.9. The average Bonchev–Trinajstić information content (AvgIpc) is 2.50. The third-order valence-electron chi connectivity index (χ3n) is 5.00. The molecular formula is C19H30N2O2. The minimum absolute atomic E-state index is 0.501. The Morgan fingerprint density at radius 2 is 2.04 bits per heavy atom. The Morgan fingerprint density at radius 1 is 1.35 bits per heavy atom. The van der Waals surface area contributed by atoms with Gasteiger partial charge in [-0.1, -0.05) is 30.3 Å². The molecule has 1 aliphatic heterocycles. The molecule has 0 aromatic heterocycles. The number of benzene rings is 1. The zero-order valence-corrected chi connectivity index (χ0v) is 14.6. The molecule has 4 nitrogen and oxygen atoms in total. The Balaban J connectivity index is 1.74. The van der Waals surface area contributed by atoms with E-state index in [9.17, 15) is 4.79 Å². The van der Waals surface area contributed by atoms with Gasteiger partial charge in [0.1, 0.15) is 0 Å². The second-order valence-corrected chi connectivity index (χ2v) is 7.42. The Hall–Kier alpha value is -1.39. The summed E-state index contributed by atoms with van der Waals surface area (Å²) in [7, 11) is 0. The summed E-state index contributed by atoms with van der Waals surface area (Å²) in [6, 6.07) is 11.7. The lowest BCUT2D eigenvalue weighted by Crippen LogP contribution is -2.47. The molecular weight excluding hydrogens is 288 g/mol. The lowest BCUT2D eigenvalue weighted by molar-refractivity contribution is -0.147. The van der Waals surface area contributed by atoms with E-state index >= 15 is 0 Å². The van der Waals surface area contributed by atoms with Crippen LogP contribution in [0.1, 0.15) is 45.6 Å². The van der Waals surface area contributed by atoms with Crippen LogP contribution in [0.2, 0.25) is 0 Å². The molecule has 2 N–H and O–H groups in total. The number of carboxylic acid groups (broad SMARTS) is 1. The molecule has 4 heteroatoms. The fourth-order valence-corrected chi connectivity index (χ4v) is 3.15. The number of nitrogens with zero attached hydrogens (tertiary/aromatic N) is 1. The number of hydrogen-bond acceptors (Lipinski definition) is 3. The summed E-state index contributed by atoms with van der Waals surface area (Å²) in [6.45, 7) is 8.76. The van der Waals surface area contributed by atoms with Gasteiger partial charge in [0, 0.05) is 25.2 Å². The summed E-state index contributed by atoms with van der Waals surface area (Å²) < 4.78 is 0. The summed E-state index contributed by atoms with van der Waals surface area (Å²) in [5, 5.41) is 12.7. The van der Waals surface area contributed by atoms with E-state index in [4.69, 9.17) is 5.11 Å². The largest absolute Gasteiger partial charge is 0.481 e. The van der Waals surface area contributed by atoms with Crippen LogP contribution in [0.25, 0.3) is 0 Å². The van der Waals surface area contributed by atoms with Crippen LogP contribution in [0.3, 0.4) is 0 Å². The normalized spacial score (nSPS) is 22.9. The van der Waals surface area contributed by atoms with E-state index in [-0.39, 0.29) is 0 Å². The van der Waals surface area contributed by atoms with E-state index < -0.39 is 11.4 Å². The van der Waals surface area contributed by atoms with Gasteiger partial charge in [-0.15, -0.1) is 0 Å². The molecule has 1 aromatic rings. The van der Waals surface area contributed by atoms with Gasteiger partial charge in [0.15, 0.2) is 0 Å². The van der Waals surface area contributed by atoms with Gasteiger partial charge >= 0.3 is 5.97 Å². The predicted molar refractivity (Wildman–Crippen MR) is 93.4 cm³/mol. The van der Waals surface area contributed by atoms with Gasteiger partial charge in [-0.05, 0) is 52.1 Å². The summed E-state index contributed by atoms with van der Waals surface area (Å²) >= 11 is 0. The molecule has 23 heavy (non-hydrogen) atoms. The van der Waals surface area contributed by atoms with E-state index in [1.54, 1.807) is 13.8 Å². The highest BCUT2D eigenvalue weighted by molar-refractivity contribution is 5.73. The quantitative estimate of drug-likeness (QED) is 0.811. The molecule has 0 amide bonds. The fourth-order valence-electron chi connectivity index (χ4n) is 3.15. The smallest absolute Gasteiger partial charge is 0.309 e. The first kappa shape index (κ1) is 18.0. The van der Waals surface area contributed by atoms with Gasteiger partial charge in [-0.25, -0.2) is 0 Å². The maximum atomic E-state index is 11.1. The lowest BCUT2D eigenvalue weighted by atomic mass is 9.89. The van der Waals surface area contributed by atoms with Crippen molar-refractivity contribution in [3.05, 3.63) is 35.9 Å². The molecule has 2 atom stereocenters. The van der Waals surface area contributed by atoms with Gasteiger partial charge in [0.05, 0.1) is 5.41 Å². The fraction of sp³-hybridized carbons (Fsp3) is 0.632.